The maximum Gasteiger partial charge on any atom is 0.221 e. The molecule has 0 saturated carbocycles. The number of rotatable bonds is 8. The van der Waals surface area contributed by atoms with E-state index in [4.69, 9.17) is 16.3 Å². The largest absolute Gasteiger partial charge is 0.489 e. The van der Waals surface area contributed by atoms with Crippen LogP contribution in [0.2, 0.25) is 5.02 Å². The number of hydrogen-bond acceptors (Lipinski definition) is 4. The number of carbonyl (C=O) groups excluding carboxylic acids is 1. The van der Waals surface area contributed by atoms with Crippen molar-refractivity contribution in [2.75, 3.05) is 19.6 Å². The Kier molecular flexibility index (Phi) is 7.12. The summed E-state index contributed by atoms with van der Waals surface area (Å²) in [5.74, 6) is 0.955. The van der Waals surface area contributed by atoms with E-state index in [-0.39, 0.29) is 12.0 Å². The SMILES string of the molecule is CCC1CN(CCC(=O)NCCCn2ccnc2)Cc2ccc(Cl)cc2O1. The predicted octanol–water partition coefficient (Wildman–Crippen LogP) is 3.11. The normalized spacial score (nSPS) is 17.0. The Labute approximate surface area is 165 Å². The highest BCUT2D eigenvalue weighted by Gasteiger charge is 2.22. The third kappa shape index (κ3) is 5.97. The summed E-state index contributed by atoms with van der Waals surface area (Å²) < 4.78 is 8.12. The molecule has 1 N–H and O–H groups in total. The average molecular weight is 391 g/mol. The van der Waals surface area contributed by atoms with E-state index in [1.807, 2.05) is 29.0 Å². The number of carbonyl (C=O) groups is 1. The lowest BCUT2D eigenvalue weighted by molar-refractivity contribution is -0.121. The van der Waals surface area contributed by atoms with Crippen molar-refractivity contribution in [3.05, 3.63) is 47.5 Å². The third-order valence-corrected chi connectivity index (χ3v) is 5.00. The van der Waals surface area contributed by atoms with Crippen LogP contribution in [-0.4, -0.2) is 46.1 Å². The molecule has 2 heterocycles. The number of ether oxygens (including phenoxy) is 1. The van der Waals surface area contributed by atoms with E-state index in [9.17, 15) is 4.79 Å². The van der Waals surface area contributed by atoms with Gasteiger partial charge in [-0.15, -0.1) is 0 Å². The molecular weight excluding hydrogens is 364 g/mol. The molecular formula is C20H27ClN4O2. The molecule has 1 aromatic carbocycles. The third-order valence-electron chi connectivity index (χ3n) is 4.76. The first kappa shape index (κ1) is 19.7. The van der Waals surface area contributed by atoms with Crippen LogP contribution < -0.4 is 10.1 Å². The molecule has 1 atom stereocenters. The molecule has 0 bridgehead atoms. The molecule has 1 unspecified atom stereocenters. The minimum atomic E-state index is 0.0928. The predicted molar refractivity (Wildman–Crippen MR) is 106 cm³/mol. The molecule has 0 saturated heterocycles. The van der Waals surface area contributed by atoms with Gasteiger partial charge in [-0.05, 0) is 25.0 Å². The van der Waals surface area contributed by atoms with E-state index >= 15 is 0 Å². The van der Waals surface area contributed by atoms with Crippen LogP contribution >= 0.6 is 11.6 Å². The highest BCUT2D eigenvalue weighted by molar-refractivity contribution is 6.30. The number of fused-ring (bicyclic) bond motifs is 1. The molecule has 7 heteroatoms. The first-order valence-corrected chi connectivity index (χ1v) is 9.91. The van der Waals surface area contributed by atoms with Crippen molar-refractivity contribution >= 4 is 17.5 Å². The fourth-order valence-electron chi connectivity index (χ4n) is 3.22. The topological polar surface area (TPSA) is 59.4 Å². The second kappa shape index (κ2) is 9.76. The van der Waals surface area contributed by atoms with Gasteiger partial charge in [0.15, 0.2) is 0 Å². The van der Waals surface area contributed by atoms with Crippen LogP contribution in [0.25, 0.3) is 0 Å². The van der Waals surface area contributed by atoms with Gasteiger partial charge in [0.1, 0.15) is 11.9 Å². The van der Waals surface area contributed by atoms with E-state index in [0.717, 1.165) is 50.3 Å². The molecule has 0 fully saturated rings. The molecule has 6 nitrogen and oxygen atoms in total. The lowest BCUT2D eigenvalue weighted by atomic mass is 10.2. The zero-order valence-corrected chi connectivity index (χ0v) is 16.5. The van der Waals surface area contributed by atoms with Gasteiger partial charge in [0.25, 0.3) is 0 Å². The number of aromatic nitrogens is 2. The monoisotopic (exact) mass is 390 g/mol. The van der Waals surface area contributed by atoms with E-state index in [1.54, 1.807) is 12.5 Å². The Hall–Kier alpha value is -2.05. The smallest absolute Gasteiger partial charge is 0.221 e. The molecule has 0 aliphatic carbocycles. The van der Waals surface area contributed by atoms with Gasteiger partial charge in [-0.25, -0.2) is 4.98 Å². The summed E-state index contributed by atoms with van der Waals surface area (Å²) in [4.78, 5) is 18.5. The van der Waals surface area contributed by atoms with Gasteiger partial charge < -0.3 is 14.6 Å². The highest BCUT2D eigenvalue weighted by atomic mass is 35.5. The van der Waals surface area contributed by atoms with Gasteiger partial charge in [-0.2, -0.15) is 0 Å². The van der Waals surface area contributed by atoms with Crippen molar-refractivity contribution in [1.29, 1.82) is 0 Å². The average Bonchev–Trinajstić information content (AvgIpc) is 3.11. The minimum absolute atomic E-state index is 0.0928. The summed E-state index contributed by atoms with van der Waals surface area (Å²) in [5.41, 5.74) is 1.12. The van der Waals surface area contributed by atoms with Crippen molar-refractivity contribution in [2.24, 2.45) is 0 Å². The number of amides is 1. The van der Waals surface area contributed by atoms with Crippen LogP contribution in [0, 0.1) is 0 Å². The van der Waals surface area contributed by atoms with E-state index in [0.29, 0.717) is 18.0 Å². The molecule has 1 amide bonds. The van der Waals surface area contributed by atoms with E-state index in [1.165, 1.54) is 0 Å². The van der Waals surface area contributed by atoms with Gasteiger partial charge in [-0.3, -0.25) is 9.69 Å². The lowest BCUT2D eigenvalue weighted by Gasteiger charge is -2.22. The van der Waals surface area contributed by atoms with Crippen LogP contribution in [0.5, 0.6) is 5.75 Å². The lowest BCUT2D eigenvalue weighted by Crippen LogP contribution is -2.35. The highest BCUT2D eigenvalue weighted by Crippen LogP contribution is 2.29. The number of halogens is 1. The number of benzene rings is 1. The molecule has 27 heavy (non-hydrogen) atoms. The molecule has 2 aromatic rings. The van der Waals surface area contributed by atoms with Gasteiger partial charge in [0.2, 0.25) is 5.91 Å². The number of aryl methyl sites for hydroxylation is 1. The Bertz CT molecular complexity index is 736. The molecule has 1 aromatic heterocycles. The second-order valence-corrected chi connectivity index (χ2v) is 7.33. The molecule has 1 aliphatic rings. The zero-order valence-electron chi connectivity index (χ0n) is 15.7. The first-order valence-electron chi connectivity index (χ1n) is 9.54. The van der Waals surface area contributed by atoms with Crippen LogP contribution in [0.1, 0.15) is 31.7 Å². The van der Waals surface area contributed by atoms with Crippen molar-refractivity contribution in [3.63, 3.8) is 0 Å². The fraction of sp³-hybridized carbons (Fsp3) is 0.500. The van der Waals surface area contributed by atoms with Crippen LogP contribution in [0.3, 0.4) is 0 Å². The summed E-state index contributed by atoms with van der Waals surface area (Å²) in [5, 5.41) is 3.69. The summed E-state index contributed by atoms with van der Waals surface area (Å²) >= 11 is 6.10. The van der Waals surface area contributed by atoms with Crippen molar-refractivity contribution < 1.29 is 9.53 Å². The second-order valence-electron chi connectivity index (χ2n) is 6.89. The number of nitrogens with zero attached hydrogens (tertiary/aromatic N) is 3. The summed E-state index contributed by atoms with van der Waals surface area (Å²) in [6.45, 7) is 5.97. The Balaban J connectivity index is 1.44. The molecule has 1 aliphatic heterocycles. The summed E-state index contributed by atoms with van der Waals surface area (Å²) in [7, 11) is 0. The summed E-state index contributed by atoms with van der Waals surface area (Å²) in [6.07, 6.45) is 7.90. The van der Waals surface area contributed by atoms with Crippen molar-refractivity contribution in [1.82, 2.24) is 19.8 Å². The Morgan fingerprint density at radius 2 is 2.30 bits per heavy atom. The molecule has 146 valence electrons. The number of nitrogens with one attached hydrogen (secondary N) is 1. The van der Waals surface area contributed by atoms with Crippen LogP contribution in [0.15, 0.2) is 36.9 Å². The molecule has 0 spiro atoms. The van der Waals surface area contributed by atoms with Gasteiger partial charge in [0, 0.05) is 62.1 Å². The standard InChI is InChI=1S/C20H27ClN4O2/c1-2-18-14-25(13-16-4-5-17(21)12-19(16)27-18)10-6-20(26)23-7-3-9-24-11-8-22-15-24/h4-5,8,11-12,15,18H,2-3,6-7,9-10,13-14H2,1H3,(H,23,26). The molecule has 3 rings (SSSR count). The maximum absolute atomic E-state index is 12.2. The quantitative estimate of drug-likeness (QED) is 0.703. The number of hydrogen-bond donors (Lipinski definition) is 1. The van der Waals surface area contributed by atoms with Crippen LogP contribution in [0.4, 0.5) is 0 Å². The first-order chi connectivity index (χ1) is 13.1. The Morgan fingerprint density at radius 3 is 3.07 bits per heavy atom. The van der Waals surface area contributed by atoms with Crippen molar-refractivity contribution in [2.45, 2.75) is 45.4 Å². The zero-order chi connectivity index (χ0) is 19.1. The maximum atomic E-state index is 12.2. The molecule has 0 radical (unpaired) electrons. The summed E-state index contributed by atoms with van der Waals surface area (Å²) in [6, 6.07) is 5.79. The Morgan fingerprint density at radius 1 is 1.41 bits per heavy atom. The van der Waals surface area contributed by atoms with Gasteiger partial charge >= 0.3 is 0 Å². The van der Waals surface area contributed by atoms with Gasteiger partial charge in [0.05, 0.1) is 6.33 Å². The minimum Gasteiger partial charge on any atom is -0.489 e. The van der Waals surface area contributed by atoms with E-state index in [2.05, 4.69) is 22.1 Å². The van der Waals surface area contributed by atoms with Crippen LogP contribution in [-0.2, 0) is 17.9 Å². The number of imidazole rings is 1. The van der Waals surface area contributed by atoms with E-state index < -0.39 is 0 Å². The van der Waals surface area contributed by atoms with Crippen molar-refractivity contribution in [3.8, 4) is 5.75 Å². The fourth-order valence-corrected chi connectivity index (χ4v) is 3.38. The van der Waals surface area contributed by atoms with Gasteiger partial charge in [-0.1, -0.05) is 24.6 Å².